The van der Waals surface area contributed by atoms with Gasteiger partial charge in [0, 0.05) is 18.3 Å². The normalized spacial score (nSPS) is 20.2. The molecule has 1 aromatic carbocycles. The second-order valence-electron chi connectivity index (χ2n) is 8.57. The number of ether oxygens (including phenoxy) is 1. The lowest BCUT2D eigenvalue weighted by Gasteiger charge is -2.37. The summed E-state index contributed by atoms with van der Waals surface area (Å²) < 4.78 is 110. The number of hydrogen-bond donors (Lipinski definition) is 1. The van der Waals surface area contributed by atoms with Crippen molar-refractivity contribution in [2.75, 3.05) is 31.7 Å². The van der Waals surface area contributed by atoms with Gasteiger partial charge in [-0.15, -0.1) is 10.2 Å². The molecule has 0 amide bonds. The van der Waals surface area contributed by atoms with Gasteiger partial charge in [0.05, 0.1) is 35.5 Å². The predicted molar refractivity (Wildman–Crippen MR) is 125 cm³/mol. The average Bonchev–Trinajstić information content (AvgIpc) is 3.42. The summed E-state index contributed by atoms with van der Waals surface area (Å²) in [5.41, 5.74) is 1.55. The Balaban J connectivity index is 1.54. The first-order valence-electron chi connectivity index (χ1n) is 12.4. The molecular weight excluding hydrogens is 520 g/mol. The van der Waals surface area contributed by atoms with Gasteiger partial charge in [0.1, 0.15) is 17.6 Å². The fourth-order valence-corrected chi connectivity index (χ4v) is 5.12. The molecule has 37 heavy (non-hydrogen) atoms. The largest absolute Gasteiger partial charge is 0.479 e. The number of aromatic nitrogens is 6. The highest BCUT2D eigenvalue weighted by Crippen LogP contribution is 2.34. The zero-order valence-electron chi connectivity index (χ0n) is 22.1. The molecule has 4 aromatic rings. The van der Waals surface area contributed by atoms with Crippen LogP contribution < -0.4 is 10.1 Å². The molecule has 0 radical (unpaired) electrons. The highest BCUT2D eigenvalue weighted by molar-refractivity contribution is 7.88. The number of benzene rings is 1. The molecule has 4 heterocycles. The van der Waals surface area contributed by atoms with Gasteiger partial charge < -0.3 is 10.1 Å². The molecule has 1 fully saturated rings. The van der Waals surface area contributed by atoms with Crippen LogP contribution in [0.15, 0.2) is 30.5 Å². The number of nitrogens with one attached hydrogen (secondary N) is 1. The minimum atomic E-state index is -3.83. The van der Waals surface area contributed by atoms with E-state index in [0.717, 1.165) is 10.9 Å². The van der Waals surface area contributed by atoms with Gasteiger partial charge in [-0.1, -0.05) is 11.3 Å². The van der Waals surface area contributed by atoms with Crippen molar-refractivity contribution in [1.82, 2.24) is 33.9 Å². The molecule has 1 N–H and O–H groups in total. The van der Waals surface area contributed by atoms with Crippen molar-refractivity contribution in [3.8, 4) is 17.0 Å². The maximum atomic E-state index is 14.8. The lowest BCUT2D eigenvalue weighted by molar-refractivity contribution is -0.0541. The molecule has 1 atom stereocenters. The van der Waals surface area contributed by atoms with Crippen molar-refractivity contribution in [2.45, 2.75) is 31.4 Å². The Morgan fingerprint density at radius 3 is 2.84 bits per heavy atom. The van der Waals surface area contributed by atoms with Gasteiger partial charge in [-0.2, -0.15) is 9.29 Å². The fourth-order valence-electron chi connectivity index (χ4n) is 4.28. The summed E-state index contributed by atoms with van der Waals surface area (Å²) in [5.74, 6) is -4.31. The van der Waals surface area contributed by atoms with Gasteiger partial charge in [0.15, 0.2) is 0 Å². The molecule has 0 saturated carbocycles. The molecular formula is C21H22F4N8O3S. The van der Waals surface area contributed by atoms with E-state index in [1.807, 2.05) is 0 Å². The Labute approximate surface area is 212 Å². The van der Waals surface area contributed by atoms with Gasteiger partial charge in [-0.05, 0) is 30.2 Å². The van der Waals surface area contributed by atoms with E-state index in [1.165, 1.54) is 16.8 Å². The zero-order chi connectivity index (χ0) is 29.0. The van der Waals surface area contributed by atoms with Crippen molar-refractivity contribution in [1.29, 1.82) is 0 Å². The first-order valence-corrected chi connectivity index (χ1v) is 12.8. The van der Waals surface area contributed by atoms with Gasteiger partial charge in [0.2, 0.25) is 21.9 Å². The van der Waals surface area contributed by atoms with E-state index in [0.29, 0.717) is 26.5 Å². The number of rotatable bonds is 7. The van der Waals surface area contributed by atoms with Gasteiger partial charge in [-0.25, -0.2) is 35.2 Å². The Morgan fingerprint density at radius 2 is 2.14 bits per heavy atom. The standard InChI is InChI=1S/C21H22F4N8O3S/c1-36-19-18-13(12-3-4-14-15(9-12)33(30-28-14)10-17(22)23)5-8-32(18)29-20(27-19)26-16-6-7-31(37(2,34)35)11-21(16,24)25/h3-5,8-9,16-17H,6-7,10-11H2,1-2H3,(H,26,29)/i1D3. The molecule has 3 aromatic heterocycles. The molecule has 1 unspecified atom stereocenters. The van der Waals surface area contributed by atoms with Gasteiger partial charge in [0.25, 0.3) is 12.3 Å². The molecule has 0 spiro atoms. The number of sulfonamides is 1. The highest BCUT2D eigenvalue weighted by atomic mass is 32.2. The molecule has 11 nitrogen and oxygen atoms in total. The van der Waals surface area contributed by atoms with E-state index in [9.17, 15) is 26.0 Å². The molecule has 198 valence electrons. The average molecular weight is 546 g/mol. The van der Waals surface area contributed by atoms with Crippen LogP contribution in [0.25, 0.3) is 27.7 Å². The Kier molecular flexibility index (Phi) is 5.29. The monoisotopic (exact) mass is 545 g/mol. The summed E-state index contributed by atoms with van der Waals surface area (Å²) in [6.45, 7) is -1.90. The molecule has 0 bridgehead atoms. The van der Waals surface area contributed by atoms with Crippen LogP contribution in [0.4, 0.5) is 23.5 Å². The van der Waals surface area contributed by atoms with Crippen LogP contribution in [0.5, 0.6) is 5.88 Å². The molecule has 0 aliphatic carbocycles. The number of fused-ring (bicyclic) bond motifs is 2. The topological polar surface area (TPSA) is 120 Å². The summed E-state index contributed by atoms with van der Waals surface area (Å²) in [4.78, 5) is 4.06. The molecule has 1 aliphatic heterocycles. The first kappa shape index (κ1) is 21.5. The summed E-state index contributed by atoms with van der Waals surface area (Å²) in [6.07, 6.45) is -0.674. The minimum Gasteiger partial charge on any atom is -0.479 e. The summed E-state index contributed by atoms with van der Waals surface area (Å²) in [6, 6.07) is 4.69. The van der Waals surface area contributed by atoms with Crippen molar-refractivity contribution in [3.63, 3.8) is 0 Å². The van der Waals surface area contributed by atoms with Crippen LogP contribution in [-0.4, -0.2) is 87.1 Å². The fraction of sp³-hybridized carbons (Fsp3) is 0.429. The lowest BCUT2D eigenvalue weighted by Crippen LogP contribution is -2.55. The molecule has 1 aliphatic rings. The van der Waals surface area contributed by atoms with Crippen LogP contribution in [0, 0.1) is 0 Å². The number of methoxy groups -OCH3 is 1. The predicted octanol–water partition coefficient (Wildman–Crippen LogP) is 2.50. The third-order valence-electron chi connectivity index (χ3n) is 6.05. The smallest absolute Gasteiger partial charge is 0.281 e. The Hall–Kier alpha value is -3.53. The van der Waals surface area contributed by atoms with E-state index in [2.05, 4.69) is 25.7 Å². The first-order chi connectivity index (χ1) is 18.6. The highest BCUT2D eigenvalue weighted by Gasteiger charge is 2.47. The van der Waals surface area contributed by atoms with Crippen LogP contribution in [0.1, 0.15) is 10.5 Å². The maximum absolute atomic E-state index is 14.8. The van der Waals surface area contributed by atoms with E-state index in [1.54, 1.807) is 18.2 Å². The second-order valence-corrected chi connectivity index (χ2v) is 10.6. The van der Waals surface area contributed by atoms with E-state index in [-0.39, 0.29) is 24.4 Å². The van der Waals surface area contributed by atoms with Crippen molar-refractivity contribution in [2.24, 2.45) is 0 Å². The van der Waals surface area contributed by atoms with Crippen molar-refractivity contribution in [3.05, 3.63) is 30.5 Å². The summed E-state index contributed by atoms with van der Waals surface area (Å²) in [7, 11) is -6.80. The van der Waals surface area contributed by atoms with Crippen LogP contribution in [-0.2, 0) is 16.6 Å². The van der Waals surface area contributed by atoms with E-state index in [4.69, 9.17) is 8.85 Å². The van der Waals surface area contributed by atoms with Crippen molar-refractivity contribution < 1.29 is 34.8 Å². The Morgan fingerprint density at radius 1 is 1.32 bits per heavy atom. The minimum absolute atomic E-state index is 0.0764. The van der Waals surface area contributed by atoms with E-state index >= 15 is 0 Å². The van der Waals surface area contributed by atoms with E-state index < -0.39 is 54.4 Å². The maximum Gasteiger partial charge on any atom is 0.281 e. The second kappa shape index (κ2) is 9.09. The number of halogens is 4. The van der Waals surface area contributed by atoms with Crippen molar-refractivity contribution >= 4 is 32.5 Å². The lowest BCUT2D eigenvalue weighted by atomic mass is 10.0. The summed E-state index contributed by atoms with van der Waals surface area (Å²) in [5, 5.41) is 14.3. The number of nitrogens with zero attached hydrogens (tertiary/aromatic N) is 7. The number of anilines is 1. The Bertz CT molecular complexity index is 1680. The van der Waals surface area contributed by atoms with Crippen LogP contribution >= 0.6 is 0 Å². The van der Waals surface area contributed by atoms with Gasteiger partial charge in [-0.3, -0.25) is 0 Å². The van der Waals surface area contributed by atoms with Crippen LogP contribution in [0.2, 0.25) is 0 Å². The molecule has 16 heteroatoms. The number of hydrogen-bond acceptors (Lipinski definition) is 8. The third-order valence-corrected chi connectivity index (χ3v) is 7.30. The van der Waals surface area contributed by atoms with Crippen LogP contribution in [0.3, 0.4) is 0 Å². The molecule has 1 saturated heterocycles. The summed E-state index contributed by atoms with van der Waals surface area (Å²) >= 11 is 0. The third kappa shape index (κ3) is 4.77. The quantitative estimate of drug-likeness (QED) is 0.352. The number of piperidine rings is 1. The molecule has 5 rings (SSSR count). The SMILES string of the molecule is [2H]C([2H])([2H])Oc1nc(NC2CCN(S(C)(=O)=O)CC2(F)F)nn2ccc(-c3ccc4nnn(CC(F)F)c4c3)c12. The number of alkyl halides is 4. The zero-order valence-corrected chi connectivity index (χ0v) is 20.0. The van der Waals surface area contributed by atoms with Gasteiger partial charge >= 0.3 is 0 Å².